The van der Waals surface area contributed by atoms with Crippen LogP contribution in [0.1, 0.15) is 23.2 Å². The first-order valence-electron chi connectivity index (χ1n) is 6.94. The lowest BCUT2D eigenvalue weighted by Crippen LogP contribution is -2.41. The first-order chi connectivity index (χ1) is 9.16. The molecule has 19 heavy (non-hydrogen) atoms. The van der Waals surface area contributed by atoms with Crippen LogP contribution in [0.2, 0.25) is 0 Å². The first kappa shape index (κ1) is 11.3. The molecule has 1 saturated heterocycles. The van der Waals surface area contributed by atoms with Crippen molar-refractivity contribution < 1.29 is 15.0 Å². The van der Waals surface area contributed by atoms with Gasteiger partial charge in [0.05, 0.1) is 23.4 Å². The van der Waals surface area contributed by atoms with Crippen LogP contribution in [0.5, 0.6) is 0 Å². The minimum atomic E-state index is -0.890. The topological polar surface area (TPSA) is 60.8 Å². The third-order valence-corrected chi connectivity index (χ3v) is 5.29. The van der Waals surface area contributed by atoms with Crippen LogP contribution in [0.15, 0.2) is 24.3 Å². The molecule has 2 saturated carbocycles. The number of aliphatic hydroxyl groups excluding tert-OH is 1. The number of hydrogen-bond donors (Lipinski definition) is 2. The van der Waals surface area contributed by atoms with Crippen molar-refractivity contribution in [3.8, 4) is 0 Å². The van der Waals surface area contributed by atoms with E-state index >= 15 is 0 Å². The molecule has 2 N–H and O–H groups in total. The maximum atomic E-state index is 11.4. The van der Waals surface area contributed by atoms with Gasteiger partial charge in [0.15, 0.2) is 0 Å². The van der Waals surface area contributed by atoms with Crippen molar-refractivity contribution in [2.24, 2.45) is 17.8 Å². The highest BCUT2D eigenvalue weighted by Gasteiger charge is 2.59. The van der Waals surface area contributed by atoms with E-state index in [1.807, 2.05) is 12.1 Å². The second-order valence-corrected chi connectivity index (χ2v) is 6.11. The van der Waals surface area contributed by atoms with E-state index in [0.717, 1.165) is 25.1 Å². The van der Waals surface area contributed by atoms with Gasteiger partial charge in [-0.05, 0) is 42.7 Å². The van der Waals surface area contributed by atoms with Crippen molar-refractivity contribution in [3.63, 3.8) is 0 Å². The molecule has 1 heterocycles. The van der Waals surface area contributed by atoms with E-state index in [0.29, 0.717) is 23.3 Å². The summed E-state index contributed by atoms with van der Waals surface area (Å²) < 4.78 is 0. The summed E-state index contributed by atoms with van der Waals surface area (Å²) in [4.78, 5) is 13.5. The van der Waals surface area contributed by atoms with Gasteiger partial charge in [-0.15, -0.1) is 0 Å². The largest absolute Gasteiger partial charge is 0.478 e. The summed E-state index contributed by atoms with van der Waals surface area (Å²) in [5.74, 6) is 0.739. The van der Waals surface area contributed by atoms with Crippen LogP contribution in [0, 0.1) is 17.8 Å². The number of anilines is 1. The smallest absolute Gasteiger partial charge is 0.337 e. The van der Waals surface area contributed by atoms with Crippen LogP contribution in [-0.4, -0.2) is 34.9 Å². The van der Waals surface area contributed by atoms with E-state index in [1.165, 1.54) is 0 Å². The minimum absolute atomic E-state index is 0.129. The van der Waals surface area contributed by atoms with Crippen molar-refractivity contribution in [1.29, 1.82) is 0 Å². The number of nitrogens with zero attached hydrogens (tertiary/aromatic N) is 1. The van der Waals surface area contributed by atoms with Gasteiger partial charge in [-0.2, -0.15) is 0 Å². The molecule has 0 radical (unpaired) electrons. The molecule has 0 spiro atoms. The molecule has 2 aliphatic carbocycles. The first-order valence-corrected chi connectivity index (χ1v) is 6.94. The average Bonchev–Trinajstić information content (AvgIpc) is 2.99. The summed E-state index contributed by atoms with van der Waals surface area (Å²) in [5, 5.41) is 19.7. The zero-order valence-electron chi connectivity index (χ0n) is 10.6. The Labute approximate surface area is 111 Å². The molecule has 5 unspecified atom stereocenters. The van der Waals surface area contributed by atoms with Crippen LogP contribution in [0.3, 0.4) is 0 Å². The molecule has 0 amide bonds. The molecule has 0 aromatic heterocycles. The van der Waals surface area contributed by atoms with Gasteiger partial charge in [0.2, 0.25) is 0 Å². The third kappa shape index (κ3) is 1.40. The monoisotopic (exact) mass is 259 g/mol. The fraction of sp³-hybridized carbons (Fsp3) is 0.533. The van der Waals surface area contributed by atoms with Crippen molar-refractivity contribution in [2.75, 3.05) is 11.4 Å². The lowest BCUT2D eigenvalue weighted by molar-refractivity contribution is 0.0696. The van der Waals surface area contributed by atoms with Crippen molar-refractivity contribution in [2.45, 2.75) is 25.0 Å². The van der Waals surface area contributed by atoms with Gasteiger partial charge in [-0.3, -0.25) is 0 Å². The summed E-state index contributed by atoms with van der Waals surface area (Å²) in [6.45, 7) is 0.896. The third-order valence-electron chi connectivity index (χ3n) is 5.29. The molecule has 2 bridgehead atoms. The maximum absolute atomic E-state index is 11.4. The Bertz CT molecular complexity index is 542. The lowest BCUT2D eigenvalue weighted by Gasteiger charge is -2.31. The fourth-order valence-electron chi connectivity index (χ4n) is 4.59. The lowest BCUT2D eigenvalue weighted by atomic mass is 9.88. The highest BCUT2D eigenvalue weighted by atomic mass is 16.4. The van der Waals surface area contributed by atoms with Crippen LogP contribution in [-0.2, 0) is 0 Å². The molecular formula is C15H17NO3. The van der Waals surface area contributed by atoms with Crippen LogP contribution in [0.25, 0.3) is 0 Å². The highest BCUT2D eigenvalue weighted by Crippen LogP contribution is 2.56. The Hall–Kier alpha value is -1.55. The van der Waals surface area contributed by atoms with Gasteiger partial charge < -0.3 is 15.1 Å². The summed E-state index contributed by atoms with van der Waals surface area (Å²) in [6.07, 6.45) is 1.93. The second-order valence-electron chi connectivity index (χ2n) is 6.11. The molecular weight excluding hydrogens is 242 g/mol. The second kappa shape index (κ2) is 3.73. The Kier molecular flexibility index (Phi) is 2.22. The fourth-order valence-corrected chi connectivity index (χ4v) is 4.59. The van der Waals surface area contributed by atoms with E-state index in [1.54, 1.807) is 12.1 Å². The number of benzene rings is 1. The Morgan fingerprint density at radius 3 is 2.74 bits per heavy atom. The number of carbonyl (C=O) groups is 1. The Balaban J connectivity index is 1.76. The van der Waals surface area contributed by atoms with Crippen molar-refractivity contribution in [3.05, 3.63) is 29.8 Å². The highest BCUT2D eigenvalue weighted by molar-refractivity contribution is 5.94. The predicted molar refractivity (Wildman–Crippen MR) is 70.2 cm³/mol. The summed E-state index contributed by atoms with van der Waals surface area (Å²) in [6, 6.07) is 7.28. The average molecular weight is 259 g/mol. The summed E-state index contributed by atoms with van der Waals surface area (Å²) in [5.41, 5.74) is 1.12. The van der Waals surface area contributed by atoms with Gasteiger partial charge >= 0.3 is 5.97 Å². The number of para-hydroxylation sites is 1. The molecule has 1 aromatic carbocycles. The molecule has 1 aliphatic heterocycles. The van der Waals surface area contributed by atoms with Crippen LogP contribution in [0.4, 0.5) is 5.69 Å². The molecule has 100 valence electrons. The Morgan fingerprint density at radius 2 is 2.00 bits per heavy atom. The van der Waals surface area contributed by atoms with Crippen LogP contribution < -0.4 is 4.90 Å². The standard InChI is InChI=1S/C15H17NO3/c17-14-8-5-9-7-16(13(14)11(9)6-8)12-4-2-1-3-10(12)15(18)19/h1-4,8-9,11,13-14,17H,5-7H2,(H,18,19). The number of rotatable bonds is 2. The quantitative estimate of drug-likeness (QED) is 0.846. The predicted octanol–water partition coefficient (Wildman–Crippen LogP) is 1.59. The maximum Gasteiger partial charge on any atom is 0.337 e. The molecule has 4 nitrogen and oxygen atoms in total. The van der Waals surface area contributed by atoms with Crippen LogP contribution >= 0.6 is 0 Å². The van der Waals surface area contributed by atoms with Gasteiger partial charge in [0.1, 0.15) is 0 Å². The van der Waals surface area contributed by atoms with Crippen molar-refractivity contribution >= 4 is 11.7 Å². The zero-order valence-corrected chi connectivity index (χ0v) is 10.6. The molecule has 4 rings (SSSR count). The van der Waals surface area contributed by atoms with E-state index in [9.17, 15) is 15.0 Å². The number of carboxylic acid groups (broad SMARTS) is 1. The number of hydrogen-bond acceptors (Lipinski definition) is 3. The van der Waals surface area contributed by atoms with E-state index in [4.69, 9.17) is 0 Å². The van der Waals surface area contributed by atoms with E-state index in [2.05, 4.69) is 4.90 Å². The molecule has 1 aromatic rings. The number of fused-ring (bicyclic) bond motifs is 1. The van der Waals surface area contributed by atoms with Gasteiger partial charge in [0, 0.05) is 6.54 Å². The molecule has 4 heteroatoms. The zero-order chi connectivity index (χ0) is 13.1. The number of aromatic carboxylic acids is 1. The summed E-state index contributed by atoms with van der Waals surface area (Å²) >= 11 is 0. The molecule has 5 atom stereocenters. The van der Waals surface area contributed by atoms with E-state index < -0.39 is 5.97 Å². The van der Waals surface area contributed by atoms with Gasteiger partial charge in [0.25, 0.3) is 0 Å². The Morgan fingerprint density at radius 1 is 1.21 bits per heavy atom. The normalized spacial score (nSPS) is 39.0. The summed E-state index contributed by atoms with van der Waals surface area (Å²) in [7, 11) is 0. The number of carboxylic acids is 1. The number of aliphatic hydroxyl groups is 1. The van der Waals surface area contributed by atoms with Gasteiger partial charge in [-0.1, -0.05) is 12.1 Å². The van der Waals surface area contributed by atoms with E-state index in [-0.39, 0.29) is 12.1 Å². The molecule has 3 aliphatic rings. The van der Waals surface area contributed by atoms with Crippen molar-refractivity contribution in [1.82, 2.24) is 0 Å². The van der Waals surface area contributed by atoms with Gasteiger partial charge in [-0.25, -0.2) is 4.79 Å². The minimum Gasteiger partial charge on any atom is -0.478 e. The molecule has 3 fully saturated rings. The SMILES string of the molecule is O=C(O)c1ccccc1N1CC2CC3CC2C1C3O.